The number of sulfonamides is 1. The van der Waals surface area contributed by atoms with Crippen LogP contribution in [0.2, 0.25) is 0 Å². The number of oxazole rings is 1. The van der Waals surface area contributed by atoms with Crippen molar-refractivity contribution in [2.24, 2.45) is 0 Å². The highest BCUT2D eigenvalue weighted by atomic mass is 32.2. The molecule has 0 radical (unpaired) electrons. The van der Waals surface area contributed by atoms with Crippen LogP contribution in [0.5, 0.6) is 0 Å². The molecule has 1 N–H and O–H groups in total. The molecule has 0 atom stereocenters. The first-order valence-corrected chi connectivity index (χ1v) is 15.1. The standard InChI is InChI=1S/C32H32N4O5S/c1-22-23(2)34-41-31(22)35-42(38,39)29-14-8-7-13-28(29)27-17-16-25(32-33-18-19-40-32)20-26(27)21-36(3)30(37)15-9-12-24-10-5-4-6-11-24/h4-8,10-11,13-14,16-20,35H,9,12,15,21H2,1-3H3. The Labute approximate surface area is 245 Å². The van der Waals surface area contributed by atoms with Gasteiger partial charge in [-0.3, -0.25) is 4.79 Å². The summed E-state index contributed by atoms with van der Waals surface area (Å²) >= 11 is 0. The number of hydrogen-bond donors (Lipinski definition) is 1. The van der Waals surface area contributed by atoms with Crippen LogP contribution < -0.4 is 4.72 Å². The average Bonchev–Trinajstić information content (AvgIpc) is 3.64. The summed E-state index contributed by atoms with van der Waals surface area (Å²) < 4.78 is 40.5. The zero-order valence-electron chi connectivity index (χ0n) is 23.7. The molecule has 0 aliphatic rings. The highest BCUT2D eigenvalue weighted by molar-refractivity contribution is 7.92. The number of aromatic nitrogens is 2. The Morgan fingerprint density at radius 1 is 0.976 bits per heavy atom. The van der Waals surface area contributed by atoms with Gasteiger partial charge in [0.1, 0.15) is 6.26 Å². The van der Waals surface area contributed by atoms with Gasteiger partial charge in [0, 0.05) is 36.7 Å². The lowest BCUT2D eigenvalue weighted by molar-refractivity contribution is -0.130. The van der Waals surface area contributed by atoms with Gasteiger partial charge in [0.05, 0.1) is 16.8 Å². The second-order valence-electron chi connectivity index (χ2n) is 10.1. The summed E-state index contributed by atoms with van der Waals surface area (Å²) in [5.74, 6) is 0.498. The Bertz CT molecular complexity index is 1780. The molecule has 3 aromatic carbocycles. The van der Waals surface area contributed by atoms with Crippen molar-refractivity contribution >= 4 is 21.8 Å². The fraction of sp³-hybridized carbons (Fsp3) is 0.219. The van der Waals surface area contributed by atoms with E-state index >= 15 is 0 Å². The minimum Gasteiger partial charge on any atom is -0.445 e. The van der Waals surface area contributed by atoms with Crippen molar-refractivity contribution in [2.75, 3.05) is 11.8 Å². The molecule has 0 aliphatic carbocycles. The fourth-order valence-corrected chi connectivity index (χ4v) is 5.99. The van der Waals surface area contributed by atoms with Crippen molar-refractivity contribution in [3.05, 3.63) is 108 Å². The molecular weight excluding hydrogens is 552 g/mol. The number of benzene rings is 3. The van der Waals surface area contributed by atoms with E-state index < -0.39 is 10.0 Å². The Hall–Kier alpha value is -4.70. The molecule has 5 rings (SSSR count). The molecule has 2 heterocycles. The first-order chi connectivity index (χ1) is 20.2. The number of nitrogens with zero attached hydrogens (tertiary/aromatic N) is 3. The largest absolute Gasteiger partial charge is 0.445 e. The van der Waals surface area contributed by atoms with Crippen molar-refractivity contribution in [1.82, 2.24) is 15.0 Å². The van der Waals surface area contributed by atoms with Crippen LogP contribution >= 0.6 is 0 Å². The molecule has 0 unspecified atom stereocenters. The number of aryl methyl sites for hydroxylation is 2. The molecule has 0 spiro atoms. The highest BCUT2D eigenvalue weighted by Crippen LogP contribution is 2.34. The Balaban J connectivity index is 1.45. The molecule has 42 heavy (non-hydrogen) atoms. The van der Waals surface area contributed by atoms with Crippen LogP contribution in [0.1, 0.15) is 35.2 Å². The average molecular weight is 585 g/mol. The predicted octanol–water partition coefficient (Wildman–Crippen LogP) is 6.40. The van der Waals surface area contributed by atoms with Gasteiger partial charge in [-0.1, -0.05) is 59.8 Å². The van der Waals surface area contributed by atoms with Gasteiger partial charge in [-0.25, -0.2) is 18.1 Å². The van der Waals surface area contributed by atoms with Gasteiger partial charge in [0.15, 0.2) is 0 Å². The zero-order valence-corrected chi connectivity index (χ0v) is 24.5. The van der Waals surface area contributed by atoms with Crippen LogP contribution in [0, 0.1) is 13.8 Å². The third-order valence-electron chi connectivity index (χ3n) is 7.17. The van der Waals surface area contributed by atoms with Gasteiger partial charge in [0.25, 0.3) is 10.0 Å². The first-order valence-electron chi connectivity index (χ1n) is 13.6. The van der Waals surface area contributed by atoms with Crippen molar-refractivity contribution in [2.45, 2.75) is 44.6 Å². The second-order valence-corrected chi connectivity index (χ2v) is 11.8. The quantitative estimate of drug-likeness (QED) is 0.191. The number of carbonyl (C=O) groups is 1. The van der Waals surface area contributed by atoms with Crippen molar-refractivity contribution in [1.29, 1.82) is 0 Å². The lowest BCUT2D eigenvalue weighted by Gasteiger charge is -2.21. The molecule has 216 valence electrons. The van der Waals surface area contributed by atoms with Crippen LogP contribution in [0.15, 0.2) is 99.1 Å². The van der Waals surface area contributed by atoms with Crippen LogP contribution in [0.3, 0.4) is 0 Å². The van der Waals surface area contributed by atoms with E-state index in [-0.39, 0.29) is 23.2 Å². The van der Waals surface area contributed by atoms with E-state index in [1.54, 1.807) is 56.3 Å². The van der Waals surface area contributed by atoms with Gasteiger partial charge < -0.3 is 13.8 Å². The van der Waals surface area contributed by atoms with E-state index in [0.29, 0.717) is 34.7 Å². The topological polar surface area (TPSA) is 119 Å². The summed E-state index contributed by atoms with van der Waals surface area (Å²) in [5, 5.41) is 3.86. The summed E-state index contributed by atoms with van der Waals surface area (Å²) in [6.07, 6.45) is 4.99. The van der Waals surface area contributed by atoms with Crippen LogP contribution in [0.25, 0.3) is 22.6 Å². The van der Waals surface area contributed by atoms with Gasteiger partial charge in [0.2, 0.25) is 17.7 Å². The highest BCUT2D eigenvalue weighted by Gasteiger charge is 2.24. The Morgan fingerprint density at radius 2 is 1.74 bits per heavy atom. The normalized spacial score (nSPS) is 11.4. The lowest BCUT2D eigenvalue weighted by Crippen LogP contribution is -2.26. The van der Waals surface area contributed by atoms with Crippen molar-refractivity contribution in [3.63, 3.8) is 0 Å². The van der Waals surface area contributed by atoms with Gasteiger partial charge in [-0.2, -0.15) is 0 Å². The number of anilines is 1. The van der Waals surface area contributed by atoms with E-state index in [1.807, 2.05) is 36.4 Å². The Kier molecular flexibility index (Phi) is 8.53. The van der Waals surface area contributed by atoms with Crippen LogP contribution in [0.4, 0.5) is 5.88 Å². The lowest BCUT2D eigenvalue weighted by atomic mass is 9.96. The zero-order chi connectivity index (χ0) is 29.7. The molecule has 2 aromatic heterocycles. The second kappa shape index (κ2) is 12.4. The van der Waals surface area contributed by atoms with Gasteiger partial charge >= 0.3 is 0 Å². The Morgan fingerprint density at radius 3 is 2.45 bits per heavy atom. The summed E-state index contributed by atoms with van der Waals surface area (Å²) in [5.41, 5.74) is 5.02. The van der Waals surface area contributed by atoms with E-state index in [9.17, 15) is 13.2 Å². The molecule has 10 heteroatoms. The summed E-state index contributed by atoms with van der Waals surface area (Å²) in [4.78, 5) is 19.1. The number of nitrogens with one attached hydrogen (secondary N) is 1. The summed E-state index contributed by atoms with van der Waals surface area (Å²) in [6, 6.07) is 22.4. The minimum absolute atomic E-state index is 0.00264. The van der Waals surface area contributed by atoms with Crippen LogP contribution in [-0.4, -0.2) is 36.4 Å². The van der Waals surface area contributed by atoms with E-state index in [1.165, 1.54) is 11.8 Å². The number of rotatable bonds is 11. The van der Waals surface area contributed by atoms with E-state index in [0.717, 1.165) is 24.0 Å². The van der Waals surface area contributed by atoms with Gasteiger partial charge in [-0.05, 0) is 61.6 Å². The number of carbonyl (C=O) groups excluding carboxylic acids is 1. The van der Waals surface area contributed by atoms with Crippen molar-refractivity contribution < 1.29 is 22.2 Å². The molecule has 0 bridgehead atoms. The SMILES string of the molecule is Cc1noc(NS(=O)(=O)c2ccccc2-c2ccc(-c3ncco3)cc2CN(C)C(=O)CCCc2ccccc2)c1C. The fourth-order valence-electron chi connectivity index (χ4n) is 4.72. The number of amides is 1. The molecule has 9 nitrogen and oxygen atoms in total. The molecule has 0 aliphatic heterocycles. The third-order valence-corrected chi connectivity index (χ3v) is 8.56. The summed E-state index contributed by atoms with van der Waals surface area (Å²) in [6.45, 7) is 3.74. The third kappa shape index (κ3) is 6.44. The molecule has 0 fully saturated rings. The predicted molar refractivity (Wildman–Crippen MR) is 160 cm³/mol. The molecule has 0 saturated carbocycles. The smallest absolute Gasteiger partial charge is 0.264 e. The maximum absolute atomic E-state index is 13.6. The molecule has 5 aromatic rings. The van der Waals surface area contributed by atoms with Gasteiger partial charge in [-0.15, -0.1) is 0 Å². The van der Waals surface area contributed by atoms with Crippen LogP contribution in [-0.2, 0) is 27.8 Å². The van der Waals surface area contributed by atoms with E-state index in [2.05, 4.69) is 27.0 Å². The molecule has 0 saturated heterocycles. The minimum atomic E-state index is -4.05. The first kappa shape index (κ1) is 28.8. The maximum Gasteiger partial charge on any atom is 0.264 e. The number of hydrogen-bond acceptors (Lipinski definition) is 7. The summed E-state index contributed by atoms with van der Waals surface area (Å²) in [7, 11) is -2.29. The molecule has 1 amide bonds. The van der Waals surface area contributed by atoms with Crippen molar-refractivity contribution in [3.8, 4) is 22.6 Å². The molecular formula is C32H32N4O5S. The monoisotopic (exact) mass is 584 g/mol. The van der Waals surface area contributed by atoms with E-state index in [4.69, 9.17) is 8.94 Å². The maximum atomic E-state index is 13.6.